The first-order valence-corrected chi connectivity index (χ1v) is 9.68. The molecule has 0 spiro atoms. The molecular weight excluding hydrogens is 414 g/mol. The number of hydrogen-bond donors (Lipinski definition) is 0. The fourth-order valence-electron chi connectivity index (χ4n) is 3.70. The number of benzene rings is 1. The number of anilines is 1. The highest BCUT2D eigenvalue weighted by Crippen LogP contribution is 2.40. The maximum Gasteiger partial charge on any atom is 0.246 e. The van der Waals surface area contributed by atoms with E-state index in [0.29, 0.717) is 32.0 Å². The van der Waals surface area contributed by atoms with E-state index in [4.69, 9.17) is 16.3 Å². The molecule has 156 valence electrons. The lowest BCUT2D eigenvalue weighted by molar-refractivity contribution is -0.126. The van der Waals surface area contributed by atoms with E-state index < -0.39 is 11.6 Å². The van der Waals surface area contributed by atoms with Gasteiger partial charge in [0.25, 0.3) is 0 Å². The second kappa shape index (κ2) is 7.95. The van der Waals surface area contributed by atoms with Crippen LogP contribution in [-0.4, -0.2) is 53.5 Å². The molecule has 1 saturated heterocycles. The van der Waals surface area contributed by atoms with Gasteiger partial charge in [-0.25, -0.2) is 13.8 Å². The number of aromatic nitrogens is 2. The van der Waals surface area contributed by atoms with E-state index in [9.17, 15) is 9.18 Å². The molecule has 3 aromatic rings. The second-order valence-electron chi connectivity index (χ2n) is 6.81. The van der Waals surface area contributed by atoms with Crippen molar-refractivity contribution in [1.29, 1.82) is 0 Å². The summed E-state index contributed by atoms with van der Waals surface area (Å²) in [6.45, 7) is 5.63. The summed E-state index contributed by atoms with van der Waals surface area (Å²) in [6.07, 6.45) is 4.35. The summed E-state index contributed by atoms with van der Waals surface area (Å²) in [6, 6.07) is 4.24. The number of nitrogens with zero attached hydrogens (tertiary/aromatic N) is 4. The topological polar surface area (TPSA) is 50.1 Å². The normalized spacial score (nSPS) is 14.3. The molecule has 0 saturated carbocycles. The lowest BCUT2D eigenvalue weighted by Crippen LogP contribution is -2.48. The van der Waals surface area contributed by atoms with E-state index in [-0.39, 0.29) is 33.5 Å². The molecule has 0 aliphatic carbocycles. The highest BCUT2D eigenvalue weighted by Gasteiger charge is 2.26. The highest BCUT2D eigenvalue weighted by atomic mass is 35.5. The third-order valence-electron chi connectivity index (χ3n) is 5.21. The van der Waals surface area contributed by atoms with Crippen LogP contribution in [0.1, 0.15) is 0 Å². The van der Waals surface area contributed by atoms with Crippen LogP contribution in [0, 0.1) is 11.6 Å². The molecule has 1 aliphatic rings. The Morgan fingerprint density at radius 3 is 2.63 bits per heavy atom. The van der Waals surface area contributed by atoms with Gasteiger partial charge >= 0.3 is 0 Å². The lowest BCUT2D eigenvalue weighted by Gasteiger charge is -2.35. The Morgan fingerprint density at radius 1 is 1.23 bits per heavy atom. The number of carbonyl (C=O) groups is 1. The van der Waals surface area contributed by atoms with Crippen LogP contribution in [0.5, 0.6) is 5.75 Å². The van der Waals surface area contributed by atoms with Crippen LogP contribution in [0.4, 0.5) is 14.6 Å². The molecule has 0 radical (unpaired) electrons. The van der Waals surface area contributed by atoms with Gasteiger partial charge < -0.3 is 14.5 Å². The van der Waals surface area contributed by atoms with E-state index >= 15 is 4.39 Å². The van der Waals surface area contributed by atoms with E-state index in [1.54, 1.807) is 21.6 Å². The number of piperazine rings is 1. The second-order valence-corrected chi connectivity index (χ2v) is 7.22. The van der Waals surface area contributed by atoms with Crippen molar-refractivity contribution in [3.05, 3.63) is 59.9 Å². The predicted octanol–water partition coefficient (Wildman–Crippen LogP) is 3.78. The zero-order valence-electron chi connectivity index (χ0n) is 16.2. The van der Waals surface area contributed by atoms with Gasteiger partial charge in [-0.15, -0.1) is 0 Å². The third kappa shape index (κ3) is 3.27. The van der Waals surface area contributed by atoms with Crippen molar-refractivity contribution in [3.63, 3.8) is 0 Å². The highest BCUT2D eigenvalue weighted by molar-refractivity contribution is 6.33. The summed E-state index contributed by atoms with van der Waals surface area (Å²) in [7, 11) is 1.38. The molecule has 1 fully saturated rings. The number of pyridine rings is 1. The van der Waals surface area contributed by atoms with Crippen molar-refractivity contribution < 1.29 is 18.3 Å². The van der Waals surface area contributed by atoms with E-state index in [1.807, 2.05) is 4.90 Å². The van der Waals surface area contributed by atoms with Crippen LogP contribution in [0.15, 0.2) is 43.2 Å². The number of halogens is 3. The summed E-state index contributed by atoms with van der Waals surface area (Å²) in [5.41, 5.74) is -0.122. The van der Waals surface area contributed by atoms with Crippen LogP contribution in [0.25, 0.3) is 16.8 Å². The average Bonchev–Trinajstić information content (AvgIpc) is 3.18. The van der Waals surface area contributed by atoms with Crippen molar-refractivity contribution in [3.8, 4) is 16.9 Å². The SMILES string of the molecule is C=CC(=O)N1CCN(c2cnc3c(F)c(-c4c(F)cccc4OC)c(Cl)cn23)CC1. The molecule has 6 nitrogen and oxygen atoms in total. The summed E-state index contributed by atoms with van der Waals surface area (Å²) in [5, 5.41) is 0.0307. The van der Waals surface area contributed by atoms with Crippen molar-refractivity contribution in [2.75, 3.05) is 38.2 Å². The Bertz CT molecular complexity index is 1140. The van der Waals surface area contributed by atoms with Gasteiger partial charge in [-0.05, 0) is 18.2 Å². The number of carbonyl (C=O) groups excluding carboxylic acids is 1. The zero-order chi connectivity index (χ0) is 21.4. The molecule has 0 N–H and O–H groups in total. The van der Waals surface area contributed by atoms with Crippen LogP contribution < -0.4 is 9.64 Å². The summed E-state index contributed by atoms with van der Waals surface area (Å²) < 4.78 is 36.7. The quantitative estimate of drug-likeness (QED) is 0.589. The van der Waals surface area contributed by atoms with Gasteiger partial charge in [-0.3, -0.25) is 9.20 Å². The van der Waals surface area contributed by atoms with Crippen LogP contribution >= 0.6 is 11.6 Å². The number of ether oxygens (including phenoxy) is 1. The maximum absolute atomic E-state index is 15.4. The molecule has 1 amide bonds. The van der Waals surface area contributed by atoms with Gasteiger partial charge in [0.05, 0.1) is 23.9 Å². The number of imidazole rings is 1. The Hall–Kier alpha value is -3.13. The zero-order valence-corrected chi connectivity index (χ0v) is 17.0. The standard InChI is InChI=1S/C21H19ClF2N4O2/c1-3-17(29)27-9-7-26(8-10-27)16-11-25-21-20(24)18(13(22)12-28(16)21)19-14(23)5-4-6-15(19)30-2/h3-6,11-12H,1,7-10H2,2H3. The molecular formula is C21H19ClF2N4O2. The van der Waals surface area contributed by atoms with Crippen molar-refractivity contribution in [2.24, 2.45) is 0 Å². The van der Waals surface area contributed by atoms with E-state index in [2.05, 4.69) is 11.6 Å². The summed E-state index contributed by atoms with van der Waals surface area (Å²) in [5.74, 6) is -0.684. The lowest BCUT2D eigenvalue weighted by atomic mass is 10.0. The number of methoxy groups -OCH3 is 1. The van der Waals surface area contributed by atoms with Gasteiger partial charge in [-0.1, -0.05) is 24.2 Å². The molecule has 0 bridgehead atoms. The van der Waals surface area contributed by atoms with Crippen LogP contribution in [0.3, 0.4) is 0 Å². The van der Waals surface area contributed by atoms with E-state index in [0.717, 1.165) is 0 Å². The van der Waals surface area contributed by atoms with Crippen molar-refractivity contribution in [2.45, 2.75) is 0 Å². The van der Waals surface area contributed by atoms with Crippen LogP contribution in [0.2, 0.25) is 5.02 Å². The smallest absolute Gasteiger partial charge is 0.246 e. The number of fused-ring (bicyclic) bond motifs is 1. The molecule has 30 heavy (non-hydrogen) atoms. The number of rotatable bonds is 4. The molecule has 0 atom stereocenters. The molecule has 1 aliphatic heterocycles. The average molecular weight is 433 g/mol. The maximum atomic E-state index is 15.4. The first kappa shape index (κ1) is 20.2. The van der Waals surface area contributed by atoms with Crippen LogP contribution in [-0.2, 0) is 4.79 Å². The molecule has 0 unspecified atom stereocenters. The fourth-order valence-corrected chi connectivity index (χ4v) is 3.98. The van der Waals surface area contributed by atoms with Crippen molar-refractivity contribution in [1.82, 2.24) is 14.3 Å². The number of hydrogen-bond acceptors (Lipinski definition) is 4. The third-order valence-corrected chi connectivity index (χ3v) is 5.50. The monoisotopic (exact) mass is 432 g/mol. The summed E-state index contributed by atoms with van der Waals surface area (Å²) >= 11 is 6.40. The minimum absolute atomic E-state index is 0.0271. The Labute approximate surface area is 176 Å². The minimum Gasteiger partial charge on any atom is -0.496 e. The minimum atomic E-state index is -0.738. The van der Waals surface area contributed by atoms with Gasteiger partial charge in [0.2, 0.25) is 5.91 Å². The molecule has 1 aromatic carbocycles. The Balaban J connectivity index is 1.75. The van der Waals surface area contributed by atoms with E-state index in [1.165, 1.54) is 31.5 Å². The molecule has 2 aromatic heterocycles. The summed E-state index contributed by atoms with van der Waals surface area (Å²) in [4.78, 5) is 19.7. The molecule has 9 heteroatoms. The fraction of sp³-hybridized carbons (Fsp3) is 0.238. The first-order valence-electron chi connectivity index (χ1n) is 9.30. The largest absolute Gasteiger partial charge is 0.496 e. The first-order chi connectivity index (χ1) is 14.5. The Morgan fingerprint density at radius 2 is 1.97 bits per heavy atom. The van der Waals surface area contributed by atoms with Gasteiger partial charge in [0, 0.05) is 37.9 Å². The van der Waals surface area contributed by atoms with Gasteiger partial charge in [0.15, 0.2) is 11.5 Å². The molecule has 3 heterocycles. The number of amides is 1. The van der Waals surface area contributed by atoms with Gasteiger partial charge in [0.1, 0.15) is 17.4 Å². The Kier molecular flexibility index (Phi) is 5.34. The van der Waals surface area contributed by atoms with Crippen molar-refractivity contribution >= 4 is 29.0 Å². The molecule has 4 rings (SSSR count). The van der Waals surface area contributed by atoms with Gasteiger partial charge in [-0.2, -0.15) is 0 Å². The predicted molar refractivity (Wildman–Crippen MR) is 111 cm³/mol.